The Morgan fingerprint density at radius 2 is 2.05 bits per heavy atom. The maximum absolute atomic E-state index is 9.18. The lowest BCUT2D eigenvalue weighted by atomic mass is 9.89. The predicted molar refractivity (Wildman–Crippen MR) is 81.2 cm³/mol. The molecule has 106 valence electrons. The average molecular weight is 261 g/mol. The Kier molecular flexibility index (Phi) is 5.26. The third-order valence-corrected chi connectivity index (χ3v) is 4.44. The molecule has 1 aliphatic carbocycles. The lowest BCUT2D eigenvalue weighted by molar-refractivity contribution is 0.282. The number of rotatable bonds is 4. The molecule has 0 spiro atoms. The van der Waals surface area contributed by atoms with Crippen LogP contribution in [-0.2, 0) is 6.61 Å². The Labute approximate surface area is 117 Å². The fourth-order valence-corrected chi connectivity index (χ4v) is 3.14. The lowest BCUT2D eigenvalue weighted by Crippen LogP contribution is -2.18. The Balaban J connectivity index is 1.92. The van der Waals surface area contributed by atoms with E-state index in [1.54, 1.807) is 0 Å². The van der Waals surface area contributed by atoms with Gasteiger partial charge < -0.3 is 10.4 Å². The molecule has 19 heavy (non-hydrogen) atoms. The molecule has 1 aromatic carbocycles. The monoisotopic (exact) mass is 261 g/mol. The van der Waals surface area contributed by atoms with Gasteiger partial charge in [0, 0.05) is 11.7 Å². The van der Waals surface area contributed by atoms with Crippen molar-refractivity contribution in [3.05, 3.63) is 29.8 Å². The summed E-state index contributed by atoms with van der Waals surface area (Å²) in [5, 5.41) is 12.8. The minimum atomic E-state index is 0.121. The van der Waals surface area contributed by atoms with E-state index in [0.29, 0.717) is 6.04 Å². The van der Waals surface area contributed by atoms with E-state index in [1.165, 1.54) is 32.1 Å². The first-order valence-corrected chi connectivity index (χ1v) is 7.65. The van der Waals surface area contributed by atoms with Gasteiger partial charge in [0.1, 0.15) is 0 Å². The van der Waals surface area contributed by atoms with E-state index in [2.05, 4.69) is 31.3 Å². The van der Waals surface area contributed by atoms with E-state index >= 15 is 0 Å². The molecule has 2 heteroatoms. The van der Waals surface area contributed by atoms with Crippen LogP contribution in [0.3, 0.4) is 0 Å². The van der Waals surface area contributed by atoms with Crippen molar-refractivity contribution in [2.24, 2.45) is 11.8 Å². The van der Waals surface area contributed by atoms with Crippen molar-refractivity contribution < 1.29 is 5.11 Å². The summed E-state index contributed by atoms with van der Waals surface area (Å²) in [6.45, 7) is 4.82. The Morgan fingerprint density at radius 3 is 2.79 bits per heavy atom. The van der Waals surface area contributed by atoms with E-state index < -0.39 is 0 Å². The highest BCUT2D eigenvalue weighted by Crippen LogP contribution is 2.30. The van der Waals surface area contributed by atoms with Crippen LogP contribution in [0.4, 0.5) is 5.69 Å². The molecular weight excluding hydrogens is 234 g/mol. The smallest absolute Gasteiger partial charge is 0.0682 e. The van der Waals surface area contributed by atoms with Crippen LogP contribution in [0.15, 0.2) is 24.3 Å². The molecule has 2 N–H and O–H groups in total. The van der Waals surface area contributed by atoms with Crippen LogP contribution < -0.4 is 5.32 Å². The topological polar surface area (TPSA) is 32.3 Å². The number of aliphatic hydroxyl groups excluding tert-OH is 1. The zero-order chi connectivity index (χ0) is 13.7. The fourth-order valence-electron chi connectivity index (χ4n) is 3.14. The zero-order valence-corrected chi connectivity index (χ0v) is 12.2. The molecule has 0 amide bonds. The minimum Gasteiger partial charge on any atom is -0.392 e. The number of anilines is 1. The first-order valence-electron chi connectivity index (χ1n) is 7.65. The van der Waals surface area contributed by atoms with Crippen molar-refractivity contribution in [2.45, 2.75) is 58.6 Å². The van der Waals surface area contributed by atoms with Gasteiger partial charge in [0.25, 0.3) is 0 Å². The van der Waals surface area contributed by atoms with E-state index in [9.17, 15) is 5.11 Å². The molecule has 1 aliphatic rings. The van der Waals surface area contributed by atoms with Crippen molar-refractivity contribution in [1.82, 2.24) is 0 Å². The van der Waals surface area contributed by atoms with Crippen LogP contribution in [0.5, 0.6) is 0 Å². The lowest BCUT2D eigenvalue weighted by Gasteiger charge is -2.20. The number of benzene rings is 1. The zero-order valence-electron chi connectivity index (χ0n) is 12.2. The van der Waals surface area contributed by atoms with Gasteiger partial charge >= 0.3 is 0 Å². The SMILES string of the molecule is CC(C)C1CCCC(Nc2cccc(CO)c2)CC1. The van der Waals surface area contributed by atoms with Crippen molar-refractivity contribution in [3.63, 3.8) is 0 Å². The Hall–Kier alpha value is -1.02. The van der Waals surface area contributed by atoms with Gasteiger partial charge in [-0.15, -0.1) is 0 Å². The number of hydrogen-bond donors (Lipinski definition) is 2. The van der Waals surface area contributed by atoms with Crippen molar-refractivity contribution >= 4 is 5.69 Å². The van der Waals surface area contributed by atoms with Gasteiger partial charge in [0.2, 0.25) is 0 Å². The van der Waals surface area contributed by atoms with Gasteiger partial charge in [-0.3, -0.25) is 0 Å². The highest BCUT2D eigenvalue weighted by Gasteiger charge is 2.20. The summed E-state index contributed by atoms with van der Waals surface area (Å²) >= 11 is 0. The second-order valence-electron chi connectivity index (χ2n) is 6.21. The fraction of sp³-hybridized carbons (Fsp3) is 0.647. The van der Waals surface area contributed by atoms with Crippen LogP contribution in [0.2, 0.25) is 0 Å². The molecule has 2 nitrogen and oxygen atoms in total. The Morgan fingerprint density at radius 1 is 1.21 bits per heavy atom. The molecule has 0 bridgehead atoms. The van der Waals surface area contributed by atoms with Crippen LogP contribution >= 0.6 is 0 Å². The van der Waals surface area contributed by atoms with Crippen molar-refractivity contribution in [3.8, 4) is 0 Å². The first kappa shape index (κ1) is 14.4. The van der Waals surface area contributed by atoms with Crippen LogP contribution in [0, 0.1) is 11.8 Å². The quantitative estimate of drug-likeness (QED) is 0.796. The normalized spacial score (nSPS) is 24.2. The van der Waals surface area contributed by atoms with Crippen LogP contribution in [-0.4, -0.2) is 11.1 Å². The first-order chi connectivity index (χ1) is 9.19. The molecular formula is C17H27NO. The maximum atomic E-state index is 9.18. The molecule has 2 atom stereocenters. The summed E-state index contributed by atoms with van der Waals surface area (Å²) in [6.07, 6.45) is 6.60. The average Bonchev–Trinajstić information content (AvgIpc) is 2.65. The molecule has 0 heterocycles. The van der Waals surface area contributed by atoms with E-state index in [4.69, 9.17) is 0 Å². The highest BCUT2D eigenvalue weighted by molar-refractivity contribution is 5.46. The van der Waals surface area contributed by atoms with Gasteiger partial charge in [-0.1, -0.05) is 38.8 Å². The van der Waals surface area contributed by atoms with E-state index in [-0.39, 0.29) is 6.61 Å². The van der Waals surface area contributed by atoms with Gasteiger partial charge in [-0.25, -0.2) is 0 Å². The standard InChI is InChI=1S/C17H27NO/c1-13(2)15-6-4-7-16(10-9-15)18-17-8-3-5-14(11-17)12-19/h3,5,8,11,13,15-16,18-19H,4,6-7,9-10,12H2,1-2H3. The van der Waals surface area contributed by atoms with Crippen LogP contribution in [0.25, 0.3) is 0 Å². The number of nitrogens with one attached hydrogen (secondary N) is 1. The molecule has 1 fully saturated rings. The van der Waals surface area contributed by atoms with E-state index in [0.717, 1.165) is 23.1 Å². The summed E-state index contributed by atoms with van der Waals surface area (Å²) in [5.41, 5.74) is 2.14. The number of hydrogen-bond acceptors (Lipinski definition) is 2. The van der Waals surface area contributed by atoms with Gasteiger partial charge in [0.15, 0.2) is 0 Å². The molecule has 2 rings (SSSR count). The second-order valence-corrected chi connectivity index (χ2v) is 6.21. The molecule has 1 aromatic rings. The molecule has 2 unspecified atom stereocenters. The summed E-state index contributed by atoms with van der Waals surface area (Å²) in [6, 6.07) is 8.74. The third kappa shape index (κ3) is 4.24. The predicted octanol–water partition coefficient (Wildman–Crippen LogP) is 4.20. The highest BCUT2D eigenvalue weighted by atomic mass is 16.3. The molecule has 0 aromatic heterocycles. The number of aliphatic hydroxyl groups is 1. The van der Waals surface area contributed by atoms with E-state index in [1.807, 2.05) is 12.1 Å². The second kappa shape index (κ2) is 6.95. The van der Waals surface area contributed by atoms with Crippen molar-refractivity contribution in [2.75, 3.05) is 5.32 Å². The molecule has 0 aliphatic heterocycles. The minimum absolute atomic E-state index is 0.121. The van der Waals surface area contributed by atoms with Crippen LogP contribution in [0.1, 0.15) is 51.5 Å². The Bertz CT molecular complexity index is 389. The third-order valence-electron chi connectivity index (χ3n) is 4.44. The van der Waals surface area contributed by atoms with Gasteiger partial charge in [-0.2, -0.15) is 0 Å². The molecule has 1 saturated carbocycles. The summed E-state index contributed by atoms with van der Waals surface area (Å²) < 4.78 is 0. The summed E-state index contributed by atoms with van der Waals surface area (Å²) in [4.78, 5) is 0. The van der Waals surface area contributed by atoms with Gasteiger partial charge in [-0.05, 0) is 48.8 Å². The largest absolute Gasteiger partial charge is 0.392 e. The molecule has 0 saturated heterocycles. The van der Waals surface area contributed by atoms with Crippen molar-refractivity contribution in [1.29, 1.82) is 0 Å². The summed E-state index contributed by atoms with van der Waals surface area (Å²) in [7, 11) is 0. The maximum Gasteiger partial charge on any atom is 0.0682 e. The van der Waals surface area contributed by atoms with Gasteiger partial charge in [0.05, 0.1) is 6.61 Å². The summed E-state index contributed by atoms with van der Waals surface area (Å²) in [5.74, 6) is 1.71. The molecule has 0 radical (unpaired) electrons.